The first-order chi connectivity index (χ1) is 16.0. The van der Waals surface area contributed by atoms with Crippen molar-refractivity contribution in [3.05, 3.63) is 72.1 Å². The van der Waals surface area contributed by atoms with E-state index in [1.54, 1.807) is 19.2 Å². The van der Waals surface area contributed by atoms with E-state index >= 15 is 0 Å². The van der Waals surface area contributed by atoms with Gasteiger partial charge in [0, 0.05) is 31.7 Å². The van der Waals surface area contributed by atoms with Crippen LogP contribution in [0.4, 0.5) is 0 Å². The van der Waals surface area contributed by atoms with E-state index in [1.165, 1.54) is 41.0 Å². The van der Waals surface area contributed by atoms with Crippen LogP contribution in [0, 0.1) is 17.8 Å². The minimum absolute atomic E-state index is 0.0385. The zero-order valence-electron chi connectivity index (χ0n) is 18.0. The highest BCUT2D eigenvalue weighted by Gasteiger charge is 2.54. The van der Waals surface area contributed by atoms with Gasteiger partial charge >= 0.3 is 4.87 Å². The van der Waals surface area contributed by atoms with Crippen LogP contribution in [-0.2, 0) is 6.61 Å². The molecule has 172 valence electrons. The number of thioether (sulfide) groups is 1. The van der Waals surface area contributed by atoms with Gasteiger partial charge in [0.25, 0.3) is 0 Å². The van der Waals surface area contributed by atoms with Crippen LogP contribution in [0.15, 0.2) is 46.2 Å². The van der Waals surface area contributed by atoms with Gasteiger partial charge in [-0.3, -0.25) is 4.79 Å². The van der Waals surface area contributed by atoms with Crippen LogP contribution in [0.25, 0.3) is 0 Å². The molecular weight excluding hydrogens is 497 g/mol. The topological polar surface area (TPSA) is 51.3 Å². The highest BCUT2D eigenvalue weighted by Crippen LogP contribution is 2.63. The van der Waals surface area contributed by atoms with Gasteiger partial charge in [0.2, 0.25) is 0 Å². The minimum atomic E-state index is 0.0385. The Labute approximate surface area is 210 Å². The maximum atomic E-state index is 12.3. The Hall–Kier alpha value is -1.60. The molecule has 2 fully saturated rings. The normalized spacial score (nSPS) is 27.3. The Morgan fingerprint density at radius 3 is 2.76 bits per heavy atom. The number of nitrogens with one attached hydrogen (secondary N) is 1. The molecule has 3 aliphatic rings. The summed E-state index contributed by atoms with van der Waals surface area (Å²) in [7, 11) is 1.67. The Kier molecular flexibility index (Phi) is 5.68. The number of halogens is 2. The molecule has 1 aromatic heterocycles. The molecule has 0 spiro atoms. The monoisotopic (exact) mass is 519 g/mol. The average molecular weight is 521 g/mol. The molecule has 0 unspecified atom stereocenters. The zero-order valence-corrected chi connectivity index (χ0v) is 21.1. The second-order valence-corrected chi connectivity index (χ2v) is 12.2. The van der Waals surface area contributed by atoms with Crippen LogP contribution < -0.4 is 14.3 Å². The molecule has 2 saturated carbocycles. The van der Waals surface area contributed by atoms with Crippen molar-refractivity contribution in [1.82, 2.24) is 4.98 Å². The number of fused-ring (bicyclic) bond motifs is 6. The van der Waals surface area contributed by atoms with Gasteiger partial charge < -0.3 is 14.5 Å². The number of hydrogen-bond donors (Lipinski definition) is 1. The van der Waals surface area contributed by atoms with Gasteiger partial charge in [-0.05, 0) is 66.8 Å². The molecule has 3 aromatic rings. The van der Waals surface area contributed by atoms with Gasteiger partial charge in [0.15, 0.2) is 11.5 Å². The van der Waals surface area contributed by atoms with Crippen molar-refractivity contribution in [2.75, 3.05) is 7.11 Å². The summed E-state index contributed by atoms with van der Waals surface area (Å²) in [4.78, 5) is 16.6. The maximum absolute atomic E-state index is 12.3. The number of methoxy groups -OCH3 is 1. The summed E-state index contributed by atoms with van der Waals surface area (Å²) in [6, 6.07) is 11.6. The highest BCUT2D eigenvalue weighted by molar-refractivity contribution is 8.00. The smallest absolute Gasteiger partial charge is 0.305 e. The van der Waals surface area contributed by atoms with Gasteiger partial charge in [-0.2, -0.15) is 0 Å². The number of aromatic nitrogens is 1. The van der Waals surface area contributed by atoms with Crippen LogP contribution in [-0.4, -0.2) is 17.3 Å². The third kappa shape index (κ3) is 3.79. The fraction of sp³-hybridized carbons (Fsp3) is 0.400. The van der Waals surface area contributed by atoms with Gasteiger partial charge in [-0.25, -0.2) is 0 Å². The number of rotatable bonds is 5. The number of thiazole rings is 1. The summed E-state index contributed by atoms with van der Waals surface area (Å²) >= 11 is 15.6. The van der Waals surface area contributed by atoms with Gasteiger partial charge in [0.1, 0.15) is 6.61 Å². The summed E-state index contributed by atoms with van der Waals surface area (Å²) in [6.07, 6.45) is 3.94. The van der Waals surface area contributed by atoms with E-state index in [2.05, 4.69) is 17.1 Å². The summed E-state index contributed by atoms with van der Waals surface area (Å²) in [5.74, 6) is 3.65. The van der Waals surface area contributed by atoms with Crippen molar-refractivity contribution in [2.45, 2.75) is 42.1 Å². The lowest BCUT2D eigenvalue weighted by molar-refractivity contribution is 0.282. The Morgan fingerprint density at radius 1 is 1.09 bits per heavy atom. The standard InChI is InChI=1S/C25H23Cl2NO3S2/c1-30-19-9-13(5-7-18(19)31-11-15-4-6-16(26)10-17(15)27)21-20-12-2-3-14(8-12)22(20)32-24-23(21)33-25(29)28-24/h4-7,9-10,12,14,20-22H,2-3,8,11H2,1H3,(H,28,29)/t12-,14-,20-,21-,22+/m1/s1. The number of hydrogen-bond acceptors (Lipinski definition) is 5. The summed E-state index contributed by atoms with van der Waals surface area (Å²) in [6.45, 7) is 0.323. The molecule has 0 radical (unpaired) electrons. The Bertz CT molecular complexity index is 1270. The van der Waals surface area contributed by atoms with Crippen molar-refractivity contribution in [3.8, 4) is 11.5 Å². The lowest BCUT2D eigenvalue weighted by Gasteiger charge is -2.40. The summed E-state index contributed by atoms with van der Waals surface area (Å²) < 4.78 is 11.8. The second kappa shape index (κ2) is 8.56. The predicted octanol–water partition coefficient (Wildman–Crippen LogP) is 6.98. The van der Waals surface area contributed by atoms with E-state index in [-0.39, 0.29) is 10.8 Å². The van der Waals surface area contributed by atoms with E-state index < -0.39 is 0 Å². The number of H-pyrrole nitrogens is 1. The van der Waals surface area contributed by atoms with Crippen molar-refractivity contribution in [2.24, 2.45) is 17.8 Å². The molecule has 0 amide bonds. The molecule has 4 nitrogen and oxygen atoms in total. The SMILES string of the molecule is COc1cc([C@H]2c3sc(=O)[nH]c3S[C@H]3[C@@H]4CC[C@H](C4)[C@H]23)ccc1OCc1ccc(Cl)cc1Cl. The summed E-state index contributed by atoms with van der Waals surface area (Å²) in [5, 5.41) is 2.83. The lowest BCUT2D eigenvalue weighted by atomic mass is 9.75. The van der Waals surface area contributed by atoms with Crippen LogP contribution in [0.5, 0.6) is 11.5 Å². The largest absolute Gasteiger partial charge is 0.493 e. The van der Waals surface area contributed by atoms with Crippen LogP contribution in [0.2, 0.25) is 10.0 Å². The van der Waals surface area contributed by atoms with Crippen molar-refractivity contribution < 1.29 is 9.47 Å². The maximum Gasteiger partial charge on any atom is 0.305 e. The van der Waals surface area contributed by atoms with Crippen LogP contribution in [0.1, 0.15) is 41.2 Å². The van der Waals surface area contributed by atoms with E-state index in [1.807, 2.05) is 23.9 Å². The molecule has 8 heteroatoms. The van der Waals surface area contributed by atoms with E-state index in [0.29, 0.717) is 39.3 Å². The zero-order chi connectivity index (χ0) is 22.7. The first kappa shape index (κ1) is 21.9. The molecule has 1 N–H and O–H groups in total. The average Bonchev–Trinajstić information content (AvgIpc) is 3.51. The fourth-order valence-corrected chi connectivity index (χ4v) is 9.37. The van der Waals surface area contributed by atoms with E-state index in [0.717, 1.165) is 22.4 Å². The van der Waals surface area contributed by atoms with Crippen molar-refractivity contribution in [3.63, 3.8) is 0 Å². The first-order valence-electron chi connectivity index (χ1n) is 11.2. The van der Waals surface area contributed by atoms with Gasteiger partial charge in [-0.15, -0.1) is 11.8 Å². The number of aromatic amines is 1. The molecule has 5 atom stereocenters. The molecular formula is C25H23Cl2NO3S2. The Morgan fingerprint density at radius 2 is 1.94 bits per heavy atom. The molecule has 2 aliphatic carbocycles. The quantitative estimate of drug-likeness (QED) is 0.394. The highest BCUT2D eigenvalue weighted by atomic mass is 35.5. The molecule has 2 aromatic carbocycles. The minimum Gasteiger partial charge on any atom is -0.493 e. The lowest BCUT2D eigenvalue weighted by Crippen LogP contribution is -2.33. The first-order valence-corrected chi connectivity index (χ1v) is 13.6. The third-order valence-electron chi connectivity index (χ3n) is 7.41. The van der Waals surface area contributed by atoms with E-state index in [9.17, 15) is 4.79 Å². The molecule has 0 saturated heterocycles. The number of ether oxygens (including phenoxy) is 2. The van der Waals surface area contributed by atoms with Gasteiger partial charge in [0.05, 0.1) is 12.1 Å². The van der Waals surface area contributed by atoms with Crippen molar-refractivity contribution in [1.29, 1.82) is 0 Å². The second-order valence-electron chi connectivity index (χ2n) is 9.11. The molecule has 33 heavy (non-hydrogen) atoms. The van der Waals surface area contributed by atoms with Gasteiger partial charge in [-0.1, -0.05) is 46.7 Å². The number of benzene rings is 2. The summed E-state index contributed by atoms with van der Waals surface area (Å²) in [5.41, 5.74) is 2.06. The van der Waals surface area contributed by atoms with E-state index in [4.69, 9.17) is 32.7 Å². The molecule has 6 rings (SSSR count). The third-order valence-corrected chi connectivity index (χ3v) is 10.6. The molecule has 2 bridgehead atoms. The van der Waals surface area contributed by atoms with Crippen LogP contribution >= 0.6 is 46.3 Å². The van der Waals surface area contributed by atoms with Crippen LogP contribution in [0.3, 0.4) is 0 Å². The predicted molar refractivity (Wildman–Crippen MR) is 135 cm³/mol. The fourth-order valence-electron chi connectivity index (χ4n) is 6.01. The van der Waals surface area contributed by atoms with Crippen molar-refractivity contribution >= 4 is 46.3 Å². The molecule has 1 aliphatic heterocycles. The molecule has 2 heterocycles. The Balaban J connectivity index is 1.33.